The summed E-state index contributed by atoms with van der Waals surface area (Å²) in [6, 6.07) is 14.1. The molecule has 2 aromatic carbocycles. The fourth-order valence-electron chi connectivity index (χ4n) is 2.38. The van der Waals surface area contributed by atoms with Gasteiger partial charge in [-0.2, -0.15) is 0 Å². The molecule has 0 spiro atoms. The fourth-order valence-corrected chi connectivity index (χ4v) is 2.38. The molecule has 2 aromatic rings. The van der Waals surface area contributed by atoms with Gasteiger partial charge in [-0.25, -0.2) is 0 Å². The molecule has 100 valence electrons. The van der Waals surface area contributed by atoms with E-state index in [-0.39, 0.29) is 0 Å². The van der Waals surface area contributed by atoms with Crippen LogP contribution in [-0.2, 0) is 6.42 Å². The Morgan fingerprint density at radius 3 is 2.21 bits per heavy atom. The SMILES string of the molecule is CCCCCc1ccc(-c2ccc(O)cc2)cc1C. The van der Waals surface area contributed by atoms with Gasteiger partial charge in [-0.1, -0.05) is 50.1 Å². The molecule has 0 aliphatic carbocycles. The molecule has 0 aliphatic rings. The van der Waals surface area contributed by atoms with E-state index in [1.54, 1.807) is 12.1 Å². The molecule has 0 aliphatic heterocycles. The van der Waals surface area contributed by atoms with Gasteiger partial charge in [-0.3, -0.25) is 0 Å². The van der Waals surface area contributed by atoms with E-state index in [2.05, 4.69) is 32.0 Å². The van der Waals surface area contributed by atoms with E-state index in [0.717, 1.165) is 5.56 Å². The topological polar surface area (TPSA) is 20.2 Å². The summed E-state index contributed by atoms with van der Waals surface area (Å²) in [6.07, 6.45) is 5.02. The molecule has 0 bridgehead atoms. The van der Waals surface area contributed by atoms with Crippen LogP contribution in [0.5, 0.6) is 5.75 Å². The van der Waals surface area contributed by atoms with Gasteiger partial charge in [-0.05, 0) is 54.2 Å². The second-order valence-corrected chi connectivity index (χ2v) is 5.15. The second kappa shape index (κ2) is 6.42. The number of hydrogen-bond acceptors (Lipinski definition) is 1. The van der Waals surface area contributed by atoms with Gasteiger partial charge in [0.25, 0.3) is 0 Å². The van der Waals surface area contributed by atoms with Crippen LogP contribution in [-0.4, -0.2) is 5.11 Å². The Morgan fingerprint density at radius 2 is 1.58 bits per heavy atom. The summed E-state index contributed by atoms with van der Waals surface area (Å²) < 4.78 is 0. The number of rotatable bonds is 5. The molecule has 0 atom stereocenters. The van der Waals surface area contributed by atoms with Crippen molar-refractivity contribution in [2.24, 2.45) is 0 Å². The largest absolute Gasteiger partial charge is 0.508 e. The molecular weight excluding hydrogens is 232 g/mol. The highest BCUT2D eigenvalue weighted by Crippen LogP contribution is 2.24. The first-order valence-corrected chi connectivity index (χ1v) is 7.09. The molecule has 0 saturated heterocycles. The van der Waals surface area contributed by atoms with Gasteiger partial charge in [-0.15, -0.1) is 0 Å². The first kappa shape index (κ1) is 13.7. The van der Waals surface area contributed by atoms with Crippen LogP contribution in [0.1, 0.15) is 37.3 Å². The van der Waals surface area contributed by atoms with E-state index in [9.17, 15) is 5.11 Å². The second-order valence-electron chi connectivity index (χ2n) is 5.15. The van der Waals surface area contributed by atoms with Crippen LogP contribution in [0.3, 0.4) is 0 Å². The minimum absolute atomic E-state index is 0.316. The number of benzene rings is 2. The van der Waals surface area contributed by atoms with Crippen molar-refractivity contribution in [2.45, 2.75) is 39.5 Å². The number of phenolic OH excluding ortho intramolecular Hbond substituents is 1. The number of unbranched alkanes of at least 4 members (excludes halogenated alkanes) is 2. The summed E-state index contributed by atoms with van der Waals surface area (Å²) in [5.74, 6) is 0.316. The maximum absolute atomic E-state index is 9.32. The lowest BCUT2D eigenvalue weighted by molar-refractivity contribution is 0.475. The molecule has 1 heteroatoms. The van der Waals surface area contributed by atoms with Gasteiger partial charge >= 0.3 is 0 Å². The Labute approximate surface area is 115 Å². The molecule has 0 aromatic heterocycles. The Hall–Kier alpha value is -1.76. The Kier molecular flexibility index (Phi) is 4.62. The van der Waals surface area contributed by atoms with Crippen molar-refractivity contribution in [3.05, 3.63) is 53.6 Å². The molecule has 0 fully saturated rings. The van der Waals surface area contributed by atoms with E-state index < -0.39 is 0 Å². The predicted molar refractivity (Wildman–Crippen MR) is 81.5 cm³/mol. The number of hydrogen-bond donors (Lipinski definition) is 1. The summed E-state index contributed by atoms with van der Waals surface area (Å²) in [5, 5.41) is 9.32. The van der Waals surface area contributed by atoms with Crippen LogP contribution >= 0.6 is 0 Å². The Bertz CT molecular complexity index is 526. The van der Waals surface area contributed by atoms with Crippen molar-refractivity contribution in [1.29, 1.82) is 0 Å². The Balaban J connectivity index is 2.16. The number of aromatic hydroxyl groups is 1. The number of phenols is 1. The zero-order chi connectivity index (χ0) is 13.7. The van der Waals surface area contributed by atoms with Crippen LogP contribution in [0.2, 0.25) is 0 Å². The van der Waals surface area contributed by atoms with Crippen molar-refractivity contribution in [3.63, 3.8) is 0 Å². The maximum Gasteiger partial charge on any atom is 0.115 e. The lowest BCUT2D eigenvalue weighted by atomic mass is 9.97. The van der Waals surface area contributed by atoms with Crippen molar-refractivity contribution in [2.75, 3.05) is 0 Å². The van der Waals surface area contributed by atoms with Gasteiger partial charge in [0.2, 0.25) is 0 Å². The lowest BCUT2D eigenvalue weighted by Crippen LogP contribution is -1.91. The lowest BCUT2D eigenvalue weighted by Gasteiger charge is -2.09. The van der Waals surface area contributed by atoms with Crippen LogP contribution in [0, 0.1) is 6.92 Å². The van der Waals surface area contributed by atoms with Crippen LogP contribution < -0.4 is 0 Å². The smallest absolute Gasteiger partial charge is 0.115 e. The molecule has 0 unspecified atom stereocenters. The quantitative estimate of drug-likeness (QED) is 0.736. The van der Waals surface area contributed by atoms with Crippen molar-refractivity contribution >= 4 is 0 Å². The molecule has 2 rings (SSSR count). The first-order valence-electron chi connectivity index (χ1n) is 7.09. The van der Waals surface area contributed by atoms with E-state index in [1.165, 1.54) is 42.4 Å². The highest BCUT2D eigenvalue weighted by molar-refractivity contribution is 5.65. The first-order chi connectivity index (χ1) is 9.20. The third-order valence-corrected chi connectivity index (χ3v) is 3.59. The van der Waals surface area contributed by atoms with Crippen molar-refractivity contribution in [3.8, 4) is 16.9 Å². The van der Waals surface area contributed by atoms with E-state index in [0.29, 0.717) is 5.75 Å². The monoisotopic (exact) mass is 254 g/mol. The normalized spacial score (nSPS) is 10.6. The predicted octanol–water partition coefficient (Wildman–Crippen LogP) is 5.10. The van der Waals surface area contributed by atoms with Gasteiger partial charge in [0, 0.05) is 0 Å². The van der Waals surface area contributed by atoms with E-state index >= 15 is 0 Å². The van der Waals surface area contributed by atoms with Crippen LogP contribution in [0.25, 0.3) is 11.1 Å². The highest BCUT2D eigenvalue weighted by Gasteiger charge is 2.02. The summed E-state index contributed by atoms with van der Waals surface area (Å²) in [5.41, 5.74) is 5.19. The minimum atomic E-state index is 0.316. The van der Waals surface area contributed by atoms with Gasteiger partial charge in [0.1, 0.15) is 5.75 Å². The molecule has 0 heterocycles. The average Bonchev–Trinajstić information content (AvgIpc) is 2.42. The third-order valence-electron chi connectivity index (χ3n) is 3.59. The van der Waals surface area contributed by atoms with Crippen molar-refractivity contribution < 1.29 is 5.11 Å². The molecule has 0 radical (unpaired) electrons. The maximum atomic E-state index is 9.32. The van der Waals surface area contributed by atoms with Crippen molar-refractivity contribution in [1.82, 2.24) is 0 Å². The van der Waals surface area contributed by atoms with Gasteiger partial charge in [0.15, 0.2) is 0 Å². The summed E-state index contributed by atoms with van der Waals surface area (Å²) >= 11 is 0. The fraction of sp³-hybridized carbons (Fsp3) is 0.333. The molecule has 1 N–H and O–H groups in total. The standard InChI is InChI=1S/C18H22O/c1-3-4-5-6-15-7-8-17(13-14(15)2)16-9-11-18(19)12-10-16/h7-13,19H,3-6H2,1-2H3. The molecule has 1 nitrogen and oxygen atoms in total. The van der Waals surface area contributed by atoms with Crippen LogP contribution in [0.4, 0.5) is 0 Å². The summed E-state index contributed by atoms with van der Waals surface area (Å²) in [4.78, 5) is 0. The highest BCUT2D eigenvalue weighted by atomic mass is 16.3. The zero-order valence-electron chi connectivity index (χ0n) is 11.8. The van der Waals surface area contributed by atoms with E-state index in [1.807, 2.05) is 12.1 Å². The minimum Gasteiger partial charge on any atom is -0.508 e. The van der Waals surface area contributed by atoms with E-state index in [4.69, 9.17) is 0 Å². The summed E-state index contributed by atoms with van der Waals surface area (Å²) in [7, 11) is 0. The molecule has 0 amide bonds. The average molecular weight is 254 g/mol. The third kappa shape index (κ3) is 3.60. The molecule has 0 saturated carbocycles. The summed E-state index contributed by atoms with van der Waals surface area (Å²) in [6.45, 7) is 4.42. The van der Waals surface area contributed by atoms with Gasteiger partial charge in [0.05, 0.1) is 0 Å². The van der Waals surface area contributed by atoms with Crippen LogP contribution in [0.15, 0.2) is 42.5 Å². The molecule has 19 heavy (non-hydrogen) atoms. The Morgan fingerprint density at radius 1 is 0.895 bits per heavy atom. The zero-order valence-corrected chi connectivity index (χ0v) is 11.8. The molecular formula is C18H22O. The number of aryl methyl sites for hydroxylation is 2. The van der Waals surface area contributed by atoms with Gasteiger partial charge < -0.3 is 5.11 Å².